The first-order valence-electron chi connectivity index (χ1n) is 4.25. The van der Waals surface area contributed by atoms with Crippen LogP contribution in [0.25, 0.3) is 0 Å². The van der Waals surface area contributed by atoms with Gasteiger partial charge in [0.15, 0.2) is 0 Å². The second kappa shape index (κ2) is 7.44. The Labute approximate surface area is 91.7 Å². The minimum Gasteiger partial charge on any atom is -0.475 e. The van der Waals surface area contributed by atoms with Gasteiger partial charge in [-0.15, -0.1) is 0 Å². The summed E-state index contributed by atoms with van der Waals surface area (Å²) in [5.41, 5.74) is 0. The standard InChI is InChI=1S/C5H13NO2S.C2HF3O2/c1-3-4-5-6-9(2,7)8;3-2(4,5)1(6)7/h6H,3-5H2,1-2H3;(H,6,7). The van der Waals surface area contributed by atoms with Gasteiger partial charge in [-0.3, -0.25) is 0 Å². The second-order valence-electron chi connectivity index (χ2n) is 2.82. The largest absolute Gasteiger partial charge is 0.490 e. The van der Waals surface area contributed by atoms with E-state index in [-0.39, 0.29) is 0 Å². The van der Waals surface area contributed by atoms with Crippen molar-refractivity contribution < 1.29 is 31.5 Å². The lowest BCUT2D eigenvalue weighted by molar-refractivity contribution is -0.192. The van der Waals surface area contributed by atoms with Crippen LogP contribution in [0, 0.1) is 0 Å². The molecule has 0 aromatic rings. The van der Waals surface area contributed by atoms with Gasteiger partial charge in [-0.1, -0.05) is 13.3 Å². The highest BCUT2D eigenvalue weighted by Gasteiger charge is 2.38. The van der Waals surface area contributed by atoms with Gasteiger partial charge in [0.25, 0.3) is 0 Å². The predicted molar refractivity (Wildman–Crippen MR) is 51.4 cm³/mol. The summed E-state index contributed by atoms with van der Waals surface area (Å²) < 4.78 is 54.9. The van der Waals surface area contributed by atoms with Crippen molar-refractivity contribution >= 4 is 16.0 Å². The molecule has 0 aliphatic carbocycles. The minimum atomic E-state index is -5.08. The van der Waals surface area contributed by atoms with E-state index in [2.05, 4.69) is 4.72 Å². The van der Waals surface area contributed by atoms with Gasteiger partial charge in [0.2, 0.25) is 10.0 Å². The molecule has 98 valence electrons. The van der Waals surface area contributed by atoms with Crippen LogP contribution in [0.1, 0.15) is 19.8 Å². The molecule has 0 radical (unpaired) electrons. The third-order valence-electron chi connectivity index (χ3n) is 1.14. The smallest absolute Gasteiger partial charge is 0.475 e. The van der Waals surface area contributed by atoms with Crippen molar-refractivity contribution in [2.75, 3.05) is 12.8 Å². The lowest BCUT2D eigenvalue weighted by atomic mass is 10.3. The number of sulfonamides is 1. The fourth-order valence-corrected chi connectivity index (χ4v) is 0.949. The Kier molecular flexibility index (Phi) is 8.17. The predicted octanol–water partition coefficient (Wildman–Crippen LogP) is 0.969. The third-order valence-corrected chi connectivity index (χ3v) is 1.87. The lowest BCUT2D eigenvalue weighted by Gasteiger charge is -1.97. The fourth-order valence-electron chi connectivity index (χ4n) is 0.434. The van der Waals surface area contributed by atoms with Crippen molar-refractivity contribution in [1.29, 1.82) is 0 Å². The summed E-state index contributed by atoms with van der Waals surface area (Å²) in [6.07, 6.45) is -1.99. The van der Waals surface area contributed by atoms with Crippen LogP contribution in [0.15, 0.2) is 0 Å². The molecule has 0 heterocycles. The lowest BCUT2D eigenvalue weighted by Crippen LogP contribution is -2.22. The molecule has 0 aliphatic heterocycles. The fraction of sp³-hybridized carbons (Fsp3) is 0.857. The molecule has 0 saturated heterocycles. The molecular formula is C7H14F3NO4S. The number of alkyl halides is 3. The van der Waals surface area contributed by atoms with Gasteiger partial charge in [0, 0.05) is 6.54 Å². The van der Waals surface area contributed by atoms with Crippen molar-refractivity contribution in [2.45, 2.75) is 25.9 Å². The highest BCUT2D eigenvalue weighted by molar-refractivity contribution is 7.88. The van der Waals surface area contributed by atoms with Crippen LogP contribution in [-0.4, -0.2) is 38.5 Å². The zero-order valence-corrected chi connectivity index (χ0v) is 9.65. The molecule has 5 nitrogen and oxygen atoms in total. The van der Waals surface area contributed by atoms with Crippen LogP contribution in [-0.2, 0) is 14.8 Å². The molecule has 16 heavy (non-hydrogen) atoms. The maximum absolute atomic E-state index is 10.6. The molecule has 0 fully saturated rings. The monoisotopic (exact) mass is 265 g/mol. The van der Waals surface area contributed by atoms with Gasteiger partial charge in [-0.25, -0.2) is 17.9 Å². The Morgan fingerprint density at radius 1 is 1.38 bits per heavy atom. The van der Waals surface area contributed by atoms with Crippen LogP contribution >= 0.6 is 0 Å². The molecule has 9 heteroatoms. The molecule has 0 atom stereocenters. The van der Waals surface area contributed by atoms with E-state index in [1.54, 1.807) is 0 Å². The first-order chi connectivity index (χ1) is 7.00. The summed E-state index contributed by atoms with van der Waals surface area (Å²) in [5, 5.41) is 7.12. The van der Waals surface area contributed by atoms with E-state index in [0.29, 0.717) is 6.54 Å². The van der Waals surface area contributed by atoms with Crippen molar-refractivity contribution in [1.82, 2.24) is 4.72 Å². The number of hydrogen-bond donors (Lipinski definition) is 2. The Balaban J connectivity index is 0. The number of unbranched alkanes of at least 4 members (excludes halogenated alkanes) is 1. The Bertz CT molecular complexity index is 299. The molecule has 0 aliphatic rings. The molecule has 0 unspecified atom stereocenters. The van der Waals surface area contributed by atoms with E-state index in [4.69, 9.17) is 9.90 Å². The summed E-state index contributed by atoms with van der Waals surface area (Å²) in [6.45, 7) is 2.58. The number of aliphatic carboxylic acids is 1. The molecule has 2 N–H and O–H groups in total. The van der Waals surface area contributed by atoms with Gasteiger partial charge < -0.3 is 5.11 Å². The maximum atomic E-state index is 10.6. The summed E-state index contributed by atoms with van der Waals surface area (Å²) in [7, 11) is -2.95. The van der Waals surface area contributed by atoms with Gasteiger partial charge in [-0.2, -0.15) is 13.2 Å². The highest BCUT2D eigenvalue weighted by Crippen LogP contribution is 2.13. The molecule has 0 amide bonds. The Morgan fingerprint density at radius 3 is 1.94 bits per heavy atom. The molecular weight excluding hydrogens is 251 g/mol. The van der Waals surface area contributed by atoms with Gasteiger partial charge >= 0.3 is 12.1 Å². The summed E-state index contributed by atoms with van der Waals surface area (Å²) in [6, 6.07) is 0. The highest BCUT2D eigenvalue weighted by atomic mass is 32.2. The summed E-state index contributed by atoms with van der Waals surface area (Å²) in [4.78, 5) is 8.90. The SMILES string of the molecule is CCCCNS(C)(=O)=O.O=C(O)C(F)(F)F. The van der Waals surface area contributed by atoms with Crippen LogP contribution in [0.2, 0.25) is 0 Å². The zero-order chi connectivity index (χ0) is 13.4. The van der Waals surface area contributed by atoms with E-state index >= 15 is 0 Å². The van der Waals surface area contributed by atoms with Crippen LogP contribution in [0.3, 0.4) is 0 Å². The van der Waals surface area contributed by atoms with Crippen molar-refractivity contribution in [3.05, 3.63) is 0 Å². The summed E-state index contributed by atoms with van der Waals surface area (Å²) >= 11 is 0. The second-order valence-corrected chi connectivity index (χ2v) is 4.66. The number of hydrogen-bond acceptors (Lipinski definition) is 3. The zero-order valence-electron chi connectivity index (χ0n) is 8.84. The average molecular weight is 265 g/mol. The van der Waals surface area contributed by atoms with Crippen LogP contribution < -0.4 is 4.72 Å². The minimum absolute atomic E-state index is 0.565. The van der Waals surface area contributed by atoms with Gasteiger partial charge in [0.1, 0.15) is 0 Å². The Morgan fingerprint density at radius 2 is 1.75 bits per heavy atom. The number of halogens is 3. The third kappa shape index (κ3) is 15.6. The maximum Gasteiger partial charge on any atom is 0.490 e. The topological polar surface area (TPSA) is 83.5 Å². The van der Waals surface area contributed by atoms with Crippen molar-refractivity contribution in [2.24, 2.45) is 0 Å². The van der Waals surface area contributed by atoms with E-state index in [0.717, 1.165) is 12.8 Å². The normalized spacial score (nSPS) is 11.6. The number of carboxylic acid groups (broad SMARTS) is 1. The molecule has 0 aromatic heterocycles. The molecule has 0 bridgehead atoms. The van der Waals surface area contributed by atoms with E-state index in [1.807, 2.05) is 6.92 Å². The van der Waals surface area contributed by atoms with Crippen LogP contribution in [0.5, 0.6) is 0 Å². The average Bonchev–Trinajstić information content (AvgIpc) is 2.01. The van der Waals surface area contributed by atoms with Crippen molar-refractivity contribution in [3.63, 3.8) is 0 Å². The van der Waals surface area contributed by atoms with Crippen LogP contribution in [0.4, 0.5) is 13.2 Å². The molecule has 0 aromatic carbocycles. The first kappa shape index (κ1) is 17.6. The van der Waals surface area contributed by atoms with E-state index in [1.165, 1.54) is 6.26 Å². The van der Waals surface area contributed by atoms with E-state index < -0.39 is 22.2 Å². The number of rotatable bonds is 4. The molecule has 0 spiro atoms. The number of nitrogens with one attached hydrogen (secondary N) is 1. The number of carboxylic acids is 1. The summed E-state index contributed by atoms with van der Waals surface area (Å²) in [5.74, 6) is -2.76. The molecule has 0 rings (SSSR count). The molecule has 0 saturated carbocycles. The first-order valence-corrected chi connectivity index (χ1v) is 6.14. The van der Waals surface area contributed by atoms with Crippen molar-refractivity contribution in [3.8, 4) is 0 Å². The number of carbonyl (C=O) groups is 1. The quantitative estimate of drug-likeness (QED) is 0.742. The van der Waals surface area contributed by atoms with Gasteiger partial charge in [0.05, 0.1) is 6.26 Å². The van der Waals surface area contributed by atoms with Gasteiger partial charge in [-0.05, 0) is 6.42 Å². The Hall–Kier alpha value is -0.830. The van der Waals surface area contributed by atoms with E-state index in [9.17, 15) is 21.6 Å².